The number of hydrogen-bond acceptors (Lipinski definition) is 1. The zero-order valence-corrected chi connectivity index (χ0v) is 10.5. The van der Waals surface area contributed by atoms with Crippen molar-refractivity contribution in [2.45, 2.75) is 0 Å². The van der Waals surface area contributed by atoms with Crippen molar-refractivity contribution in [2.24, 2.45) is 0 Å². The number of benzene rings is 1. The Balaban J connectivity index is 3.44. The molecule has 0 amide bonds. The number of halogens is 5. The number of carbonyl (C=O) groups is 1. The van der Waals surface area contributed by atoms with Crippen LogP contribution in [-0.4, -0.2) is 11.7 Å². The average Bonchev–Trinajstić information content (AvgIpc) is 2.14. The Morgan fingerprint density at radius 1 is 1.43 bits per heavy atom. The Morgan fingerprint density at radius 3 is 2.50 bits per heavy atom. The molecule has 0 bridgehead atoms. The van der Waals surface area contributed by atoms with Crippen LogP contribution in [0.15, 0.2) is 15.0 Å². The SMILES string of the molecule is O=C(CCl)c1c(Br)cc(F)c(Br)c1F. The molecular weight excluding hydrogens is 345 g/mol. The Hall–Kier alpha value is -0.000000000000000111. The molecule has 1 aromatic carbocycles. The second kappa shape index (κ2) is 4.68. The fraction of sp³-hybridized carbons (Fsp3) is 0.125. The molecule has 0 aliphatic heterocycles. The summed E-state index contributed by atoms with van der Waals surface area (Å²) in [5.41, 5.74) is -0.242. The number of ketones is 1. The van der Waals surface area contributed by atoms with E-state index in [2.05, 4.69) is 31.9 Å². The van der Waals surface area contributed by atoms with Gasteiger partial charge < -0.3 is 0 Å². The van der Waals surface area contributed by atoms with E-state index in [1.165, 1.54) is 0 Å². The summed E-state index contributed by atoms with van der Waals surface area (Å²) in [5, 5.41) is 0. The number of carbonyl (C=O) groups excluding carboxylic acids is 1. The van der Waals surface area contributed by atoms with Gasteiger partial charge in [-0.25, -0.2) is 8.78 Å². The standard InChI is InChI=1S/C8H3Br2ClF2O/c9-3-1-4(12)7(10)8(13)6(3)5(14)2-11/h1H,2H2. The van der Waals surface area contributed by atoms with Crippen molar-refractivity contribution in [1.29, 1.82) is 0 Å². The Kier molecular flexibility index (Phi) is 4.04. The number of hydrogen-bond donors (Lipinski definition) is 0. The quantitative estimate of drug-likeness (QED) is 0.343. The molecule has 14 heavy (non-hydrogen) atoms. The Labute approximate surface area is 101 Å². The molecule has 0 N–H and O–H groups in total. The molecule has 1 nitrogen and oxygen atoms in total. The van der Waals surface area contributed by atoms with Crippen LogP contribution in [0.25, 0.3) is 0 Å². The normalized spacial score (nSPS) is 10.4. The van der Waals surface area contributed by atoms with Crippen LogP contribution in [-0.2, 0) is 0 Å². The largest absolute Gasteiger partial charge is 0.293 e. The van der Waals surface area contributed by atoms with Crippen LogP contribution in [0, 0.1) is 11.6 Å². The summed E-state index contributed by atoms with van der Waals surface area (Å²) < 4.78 is 26.0. The first kappa shape index (κ1) is 12.1. The van der Waals surface area contributed by atoms with Crippen molar-refractivity contribution < 1.29 is 13.6 Å². The minimum absolute atomic E-state index is 0.0568. The van der Waals surface area contributed by atoms with Crippen LogP contribution in [0.5, 0.6) is 0 Å². The van der Waals surface area contributed by atoms with Crippen molar-refractivity contribution in [3.05, 3.63) is 32.2 Å². The van der Waals surface area contributed by atoms with Gasteiger partial charge in [-0.1, -0.05) is 0 Å². The summed E-state index contributed by atoms with van der Waals surface area (Å²) in [5.74, 6) is -2.67. The highest BCUT2D eigenvalue weighted by Crippen LogP contribution is 2.29. The molecule has 0 radical (unpaired) electrons. The van der Waals surface area contributed by atoms with Crippen molar-refractivity contribution >= 4 is 49.2 Å². The fourth-order valence-corrected chi connectivity index (χ4v) is 1.93. The zero-order valence-electron chi connectivity index (χ0n) is 6.58. The lowest BCUT2D eigenvalue weighted by Gasteiger charge is -2.05. The maximum absolute atomic E-state index is 13.4. The second-order valence-corrected chi connectivity index (χ2v) is 4.31. The molecular formula is C8H3Br2ClF2O. The number of alkyl halides is 1. The first-order valence-corrected chi connectivity index (χ1v) is 5.53. The van der Waals surface area contributed by atoms with Crippen LogP contribution < -0.4 is 0 Å². The van der Waals surface area contributed by atoms with E-state index in [4.69, 9.17) is 11.6 Å². The van der Waals surface area contributed by atoms with Crippen LogP contribution in [0.3, 0.4) is 0 Å². The molecule has 1 aromatic rings. The van der Waals surface area contributed by atoms with Crippen LogP contribution in [0.4, 0.5) is 8.78 Å². The molecule has 76 valence electrons. The minimum Gasteiger partial charge on any atom is -0.293 e. The summed E-state index contributed by atoms with van der Waals surface area (Å²) in [6.07, 6.45) is 0. The molecule has 0 unspecified atom stereocenters. The zero-order chi connectivity index (χ0) is 10.9. The van der Waals surface area contributed by atoms with E-state index >= 15 is 0 Å². The smallest absolute Gasteiger partial charge is 0.181 e. The average molecular weight is 348 g/mol. The van der Waals surface area contributed by atoms with E-state index in [1.54, 1.807) is 0 Å². The molecule has 6 heteroatoms. The van der Waals surface area contributed by atoms with Gasteiger partial charge in [-0.2, -0.15) is 0 Å². The topological polar surface area (TPSA) is 17.1 Å². The van der Waals surface area contributed by atoms with Crippen molar-refractivity contribution in [3.63, 3.8) is 0 Å². The molecule has 0 aliphatic rings. The summed E-state index contributed by atoms with van der Waals surface area (Å²) in [7, 11) is 0. The minimum atomic E-state index is -0.942. The molecule has 0 fully saturated rings. The van der Waals surface area contributed by atoms with E-state index in [0.29, 0.717) is 0 Å². The van der Waals surface area contributed by atoms with Crippen molar-refractivity contribution in [2.75, 3.05) is 5.88 Å². The van der Waals surface area contributed by atoms with Gasteiger partial charge in [0.1, 0.15) is 5.82 Å². The monoisotopic (exact) mass is 346 g/mol. The molecule has 0 saturated heterocycles. The summed E-state index contributed by atoms with van der Waals surface area (Å²) in [6.45, 7) is 0. The molecule has 1 rings (SSSR count). The van der Waals surface area contributed by atoms with E-state index in [9.17, 15) is 13.6 Å². The van der Waals surface area contributed by atoms with E-state index in [0.717, 1.165) is 6.07 Å². The number of rotatable bonds is 2. The molecule has 0 spiro atoms. The van der Waals surface area contributed by atoms with Gasteiger partial charge in [-0.05, 0) is 37.9 Å². The van der Waals surface area contributed by atoms with Gasteiger partial charge in [0.25, 0.3) is 0 Å². The third kappa shape index (κ3) is 2.15. The van der Waals surface area contributed by atoms with Gasteiger partial charge in [0.2, 0.25) is 0 Å². The summed E-state index contributed by atoms with van der Waals surface area (Å²) in [4.78, 5) is 11.2. The second-order valence-electron chi connectivity index (χ2n) is 2.40. The van der Waals surface area contributed by atoms with Gasteiger partial charge in [-0.3, -0.25) is 4.79 Å². The van der Waals surface area contributed by atoms with Gasteiger partial charge in [-0.15, -0.1) is 11.6 Å². The maximum atomic E-state index is 13.4. The van der Waals surface area contributed by atoms with Gasteiger partial charge in [0.15, 0.2) is 11.6 Å². The molecule has 0 saturated carbocycles. The predicted molar refractivity (Wildman–Crippen MR) is 56.8 cm³/mol. The lowest BCUT2D eigenvalue weighted by molar-refractivity contribution is 0.101. The number of Topliss-reactive ketones (excluding diaryl/α,β-unsaturated/α-hetero) is 1. The van der Waals surface area contributed by atoms with Crippen LogP contribution in [0.1, 0.15) is 10.4 Å². The Bertz CT molecular complexity index is 395. The summed E-state index contributed by atoms with van der Waals surface area (Å²) in [6, 6.07) is 1.01. The van der Waals surface area contributed by atoms with Gasteiger partial charge in [0, 0.05) is 4.47 Å². The lowest BCUT2D eigenvalue weighted by atomic mass is 10.1. The fourth-order valence-electron chi connectivity index (χ4n) is 0.889. The lowest BCUT2D eigenvalue weighted by Crippen LogP contribution is -2.06. The molecule has 0 aromatic heterocycles. The highest BCUT2D eigenvalue weighted by Gasteiger charge is 2.20. The van der Waals surface area contributed by atoms with E-state index in [1.807, 2.05) is 0 Å². The predicted octanol–water partition coefficient (Wildman–Crippen LogP) is 3.91. The molecule has 0 heterocycles. The summed E-state index contributed by atoms with van der Waals surface area (Å²) >= 11 is 10.9. The van der Waals surface area contributed by atoms with E-state index < -0.39 is 17.4 Å². The molecule has 0 atom stereocenters. The highest BCUT2D eigenvalue weighted by atomic mass is 79.9. The van der Waals surface area contributed by atoms with Gasteiger partial charge in [0.05, 0.1) is 15.9 Å². The van der Waals surface area contributed by atoms with E-state index in [-0.39, 0.29) is 20.4 Å². The Morgan fingerprint density at radius 2 is 2.00 bits per heavy atom. The van der Waals surface area contributed by atoms with Crippen LogP contribution >= 0.6 is 43.5 Å². The first-order chi connectivity index (χ1) is 6.49. The maximum Gasteiger partial charge on any atom is 0.181 e. The highest BCUT2D eigenvalue weighted by molar-refractivity contribution is 9.11. The third-order valence-electron chi connectivity index (χ3n) is 1.51. The first-order valence-electron chi connectivity index (χ1n) is 3.41. The van der Waals surface area contributed by atoms with Gasteiger partial charge >= 0.3 is 0 Å². The molecule has 0 aliphatic carbocycles. The van der Waals surface area contributed by atoms with Crippen LogP contribution in [0.2, 0.25) is 0 Å². The third-order valence-corrected chi connectivity index (χ3v) is 3.11. The van der Waals surface area contributed by atoms with Crippen molar-refractivity contribution in [1.82, 2.24) is 0 Å². The van der Waals surface area contributed by atoms with Crippen molar-refractivity contribution in [3.8, 4) is 0 Å².